The maximum atomic E-state index is 12.6. The summed E-state index contributed by atoms with van der Waals surface area (Å²) in [4.78, 5) is 0.131. The van der Waals surface area contributed by atoms with Gasteiger partial charge in [0.15, 0.2) is 5.82 Å². The lowest BCUT2D eigenvalue weighted by atomic mass is 10.2. The third kappa shape index (κ3) is 4.70. The molecule has 1 N–H and O–H groups in total. The van der Waals surface area contributed by atoms with Crippen LogP contribution in [-0.4, -0.2) is 23.2 Å². The molecule has 0 spiro atoms. The number of ether oxygens (including phenoxy) is 1. The molecule has 0 aliphatic heterocycles. The Balaban J connectivity index is 1.75. The Bertz CT molecular complexity index is 1020. The number of rotatable bonds is 8. The van der Waals surface area contributed by atoms with Crippen LogP contribution in [0.4, 0.5) is 0 Å². The number of nitrogens with one attached hydrogen (secondary N) is 1. The monoisotopic (exact) mass is 420 g/mol. The molecule has 2 aromatic carbocycles. The van der Waals surface area contributed by atoms with Crippen LogP contribution in [0.2, 0.25) is 5.02 Å². The molecule has 9 heteroatoms. The van der Waals surface area contributed by atoms with Crippen molar-refractivity contribution in [2.75, 3.05) is 0 Å². The van der Waals surface area contributed by atoms with Gasteiger partial charge >= 0.3 is 6.01 Å². The van der Waals surface area contributed by atoms with Crippen molar-refractivity contribution in [3.63, 3.8) is 0 Å². The van der Waals surface area contributed by atoms with E-state index in [1.54, 1.807) is 11.5 Å². The lowest BCUT2D eigenvalue weighted by molar-refractivity contribution is 0.265. The number of hydrogen-bond acceptors (Lipinski definition) is 5. The topological polar surface area (TPSA) is 86.1 Å². The molecule has 7 nitrogen and oxygen atoms in total. The second-order valence-electron chi connectivity index (χ2n) is 6.16. The van der Waals surface area contributed by atoms with Crippen molar-refractivity contribution in [3.8, 4) is 6.01 Å². The van der Waals surface area contributed by atoms with Gasteiger partial charge < -0.3 is 4.74 Å². The van der Waals surface area contributed by atoms with Crippen molar-refractivity contribution in [2.24, 2.45) is 0 Å². The third-order valence-corrected chi connectivity index (χ3v) is 5.92. The maximum Gasteiger partial charge on any atom is 0.317 e. The van der Waals surface area contributed by atoms with E-state index in [2.05, 4.69) is 14.9 Å². The number of hydrogen-bond donors (Lipinski definition) is 1. The van der Waals surface area contributed by atoms with E-state index in [1.807, 2.05) is 37.3 Å². The predicted molar refractivity (Wildman–Crippen MR) is 107 cm³/mol. The zero-order chi connectivity index (χ0) is 20.1. The first kappa shape index (κ1) is 20.3. The van der Waals surface area contributed by atoms with Gasteiger partial charge in [-0.3, -0.25) is 4.57 Å². The highest BCUT2D eigenvalue weighted by molar-refractivity contribution is 7.89. The molecule has 1 atom stereocenters. The van der Waals surface area contributed by atoms with Gasteiger partial charge in [-0.15, -0.1) is 5.10 Å². The first-order valence-electron chi connectivity index (χ1n) is 8.78. The first-order chi connectivity index (χ1) is 13.4. The largest absolute Gasteiger partial charge is 0.459 e. The molecule has 3 rings (SSSR count). The van der Waals surface area contributed by atoms with Gasteiger partial charge in [-0.05, 0) is 43.7 Å². The van der Waals surface area contributed by atoms with Gasteiger partial charge in [0.25, 0.3) is 0 Å². The highest BCUT2D eigenvalue weighted by atomic mass is 35.5. The van der Waals surface area contributed by atoms with Crippen LogP contribution in [0, 0.1) is 0 Å². The van der Waals surface area contributed by atoms with Gasteiger partial charge in [0.1, 0.15) is 6.61 Å². The molecule has 0 amide bonds. The van der Waals surface area contributed by atoms with Crippen LogP contribution in [0.5, 0.6) is 6.01 Å². The Hall–Kier alpha value is -2.42. The van der Waals surface area contributed by atoms with Crippen LogP contribution in [-0.2, 0) is 23.2 Å². The lowest BCUT2D eigenvalue weighted by Crippen LogP contribution is -2.29. The number of aromatic nitrogens is 3. The molecule has 0 aliphatic rings. The van der Waals surface area contributed by atoms with Gasteiger partial charge in [-0.1, -0.05) is 47.0 Å². The van der Waals surface area contributed by atoms with Crippen LogP contribution in [0.1, 0.15) is 31.3 Å². The van der Waals surface area contributed by atoms with E-state index in [4.69, 9.17) is 16.3 Å². The molecule has 3 aromatic rings. The second-order valence-corrected chi connectivity index (χ2v) is 8.31. The second kappa shape index (κ2) is 8.72. The molecule has 0 unspecified atom stereocenters. The Morgan fingerprint density at radius 3 is 2.43 bits per heavy atom. The standard InChI is InChI=1S/C19H21ClN4O3S/c1-3-24-18(21-22-19(24)27-13-15-7-5-4-6-8-15)14(2)23-28(25,26)17-11-9-16(20)10-12-17/h4-12,14,23H,3,13H2,1-2H3/t14-/m1/s1. The summed E-state index contributed by atoms with van der Waals surface area (Å²) < 4.78 is 35.3. The fourth-order valence-electron chi connectivity index (χ4n) is 2.71. The van der Waals surface area contributed by atoms with Crippen LogP contribution >= 0.6 is 11.6 Å². The summed E-state index contributed by atoms with van der Waals surface area (Å²) in [6, 6.07) is 15.4. The molecule has 0 bridgehead atoms. The van der Waals surface area contributed by atoms with Crippen molar-refractivity contribution in [2.45, 2.75) is 37.9 Å². The fourth-order valence-corrected chi connectivity index (χ4v) is 4.04. The molecular weight excluding hydrogens is 400 g/mol. The van der Waals surface area contributed by atoms with E-state index in [1.165, 1.54) is 24.3 Å². The summed E-state index contributed by atoms with van der Waals surface area (Å²) >= 11 is 5.83. The zero-order valence-corrected chi connectivity index (χ0v) is 17.1. The van der Waals surface area contributed by atoms with Crippen LogP contribution in [0.25, 0.3) is 0 Å². The minimum absolute atomic E-state index is 0.131. The lowest BCUT2D eigenvalue weighted by Gasteiger charge is -2.15. The van der Waals surface area contributed by atoms with Gasteiger partial charge in [0.05, 0.1) is 10.9 Å². The van der Waals surface area contributed by atoms with Gasteiger partial charge in [-0.25, -0.2) is 13.1 Å². The average Bonchev–Trinajstić information content (AvgIpc) is 3.10. The molecule has 148 valence electrons. The number of sulfonamides is 1. The van der Waals surface area contributed by atoms with E-state index in [-0.39, 0.29) is 4.90 Å². The molecule has 0 radical (unpaired) electrons. The summed E-state index contributed by atoms with van der Waals surface area (Å²) in [6.07, 6.45) is 0. The van der Waals surface area contributed by atoms with Crippen molar-refractivity contribution >= 4 is 21.6 Å². The number of nitrogens with zero attached hydrogens (tertiary/aromatic N) is 3. The van der Waals surface area contributed by atoms with Crippen LogP contribution in [0.15, 0.2) is 59.5 Å². The minimum atomic E-state index is -3.73. The van der Waals surface area contributed by atoms with Crippen LogP contribution < -0.4 is 9.46 Å². The first-order valence-corrected chi connectivity index (χ1v) is 10.6. The van der Waals surface area contributed by atoms with Gasteiger partial charge in [0.2, 0.25) is 10.0 Å². The van der Waals surface area contributed by atoms with Gasteiger partial charge in [0, 0.05) is 11.6 Å². The van der Waals surface area contributed by atoms with E-state index in [0.717, 1.165) is 5.56 Å². The molecule has 0 aliphatic carbocycles. The Morgan fingerprint density at radius 1 is 1.11 bits per heavy atom. The van der Waals surface area contributed by atoms with E-state index < -0.39 is 16.1 Å². The maximum absolute atomic E-state index is 12.6. The third-order valence-electron chi connectivity index (χ3n) is 4.12. The number of benzene rings is 2. The minimum Gasteiger partial charge on any atom is -0.459 e. The van der Waals surface area contributed by atoms with Crippen molar-refractivity contribution in [1.29, 1.82) is 0 Å². The Kier molecular flexibility index (Phi) is 6.33. The molecule has 0 saturated carbocycles. The molecular formula is C19H21ClN4O3S. The van der Waals surface area contributed by atoms with E-state index in [0.29, 0.717) is 30.0 Å². The number of halogens is 1. The summed E-state index contributed by atoms with van der Waals surface area (Å²) in [5.74, 6) is 0.475. The van der Waals surface area contributed by atoms with E-state index in [9.17, 15) is 8.42 Å². The SMILES string of the molecule is CCn1c(OCc2ccccc2)nnc1[C@@H](C)NS(=O)(=O)c1ccc(Cl)cc1. The zero-order valence-electron chi connectivity index (χ0n) is 15.5. The predicted octanol–water partition coefficient (Wildman–Crippen LogP) is 3.57. The average molecular weight is 421 g/mol. The summed E-state index contributed by atoms with van der Waals surface area (Å²) in [5.41, 5.74) is 1.01. The molecule has 0 saturated heterocycles. The fraction of sp³-hybridized carbons (Fsp3) is 0.263. The van der Waals surface area contributed by atoms with Crippen molar-refractivity contribution in [1.82, 2.24) is 19.5 Å². The Labute approximate surface area is 169 Å². The highest BCUT2D eigenvalue weighted by Gasteiger charge is 2.23. The normalized spacial score (nSPS) is 12.7. The van der Waals surface area contributed by atoms with E-state index >= 15 is 0 Å². The molecule has 1 heterocycles. The van der Waals surface area contributed by atoms with Crippen LogP contribution in [0.3, 0.4) is 0 Å². The summed E-state index contributed by atoms with van der Waals surface area (Å²) in [7, 11) is -3.73. The van der Waals surface area contributed by atoms with Crippen molar-refractivity contribution < 1.29 is 13.2 Å². The highest BCUT2D eigenvalue weighted by Crippen LogP contribution is 2.21. The molecule has 1 aromatic heterocycles. The smallest absolute Gasteiger partial charge is 0.317 e. The van der Waals surface area contributed by atoms with Gasteiger partial charge in [-0.2, -0.15) is 0 Å². The summed E-state index contributed by atoms with van der Waals surface area (Å²) in [6.45, 7) is 4.52. The Morgan fingerprint density at radius 2 is 1.79 bits per heavy atom. The van der Waals surface area contributed by atoms with Crippen molar-refractivity contribution in [3.05, 3.63) is 71.0 Å². The molecule has 0 fully saturated rings. The quantitative estimate of drug-likeness (QED) is 0.602. The summed E-state index contributed by atoms with van der Waals surface area (Å²) in [5, 5.41) is 8.68. The molecule has 28 heavy (non-hydrogen) atoms.